The van der Waals surface area contributed by atoms with Gasteiger partial charge in [-0.1, -0.05) is 48.5 Å². The molecule has 170 valence electrons. The molecular formula is C25H24N2O6. The van der Waals surface area contributed by atoms with Gasteiger partial charge in [0.25, 0.3) is 5.69 Å². The number of nitrogens with zero attached hydrogens (tertiary/aromatic N) is 2. The molecule has 3 rings (SSSR count). The fourth-order valence-electron chi connectivity index (χ4n) is 3.24. The van der Waals surface area contributed by atoms with Gasteiger partial charge in [-0.3, -0.25) is 24.6 Å². The van der Waals surface area contributed by atoms with Crippen LogP contribution in [-0.2, 0) is 20.9 Å². The van der Waals surface area contributed by atoms with Crippen LogP contribution in [0.15, 0.2) is 83.5 Å². The quantitative estimate of drug-likeness (QED) is 0.139. The van der Waals surface area contributed by atoms with Crippen molar-refractivity contribution in [2.75, 3.05) is 13.6 Å². The predicted octanol–water partition coefficient (Wildman–Crippen LogP) is 4.58. The van der Waals surface area contributed by atoms with Gasteiger partial charge in [-0.25, -0.2) is 0 Å². The lowest BCUT2D eigenvalue weighted by molar-refractivity contribution is -0.384. The Kier molecular flexibility index (Phi) is 8.26. The maximum Gasteiger partial charge on any atom is 0.314 e. The summed E-state index contributed by atoms with van der Waals surface area (Å²) in [7, 11) is 1.91. The molecule has 2 aromatic carbocycles. The summed E-state index contributed by atoms with van der Waals surface area (Å²) >= 11 is 0. The number of ether oxygens (including phenoxy) is 1. The van der Waals surface area contributed by atoms with Crippen molar-refractivity contribution >= 4 is 23.5 Å². The summed E-state index contributed by atoms with van der Waals surface area (Å²) in [5.74, 6) is -0.664. The predicted molar refractivity (Wildman–Crippen MR) is 122 cm³/mol. The minimum absolute atomic E-state index is 0.0788. The number of allylic oxidation sites excluding steroid dienone is 1. The molecule has 0 aliphatic heterocycles. The van der Waals surface area contributed by atoms with Gasteiger partial charge in [0.2, 0.25) is 0 Å². The van der Waals surface area contributed by atoms with Crippen molar-refractivity contribution in [1.29, 1.82) is 0 Å². The van der Waals surface area contributed by atoms with Crippen LogP contribution in [-0.4, -0.2) is 35.2 Å². The Morgan fingerprint density at radius 2 is 1.91 bits per heavy atom. The summed E-state index contributed by atoms with van der Waals surface area (Å²) in [6, 6.07) is 19.2. The second-order valence-electron chi connectivity index (χ2n) is 7.50. The molecule has 3 aromatic rings. The molecule has 0 bridgehead atoms. The zero-order valence-electron chi connectivity index (χ0n) is 18.1. The van der Waals surface area contributed by atoms with Crippen molar-refractivity contribution in [3.05, 3.63) is 106 Å². The van der Waals surface area contributed by atoms with Crippen LogP contribution < -0.4 is 0 Å². The number of likely N-dealkylation sites (N-methyl/N-ethyl adjacent to an activating group) is 1. The van der Waals surface area contributed by atoms with Crippen LogP contribution in [0.5, 0.6) is 0 Å². The lowest BCUT2D eigenvalue weighted by Gasteiger charge is -2.23. The van der Waals surface area contributed by atoms with Crippen LogP contribution in [0.25, 0.3) is 6.08 Å². The van der Waals surface area contributed by atoms with E-state index in [0.29, 0.717) is 24.4 Å². The third-order valence-corrected chi connectivity index (χ3v) is 4.77. The maximum atomic E-state index is 12.4. The van der Waals surface area contributed by atoms with Crippen LogP contribution >= 0.6 is 0 Å². The Morgan fingerprint density at radius 3 is 2.61 bits per heavy atom. The van der Waals surface area contributed by atoms with E-state index in [2.05, 4.69) is 0 Å². The summed E-state index contributed by atoms with van der Waals surface area (Å²) < 4.78 is 11.0. The molecule has 0 aliphatic carbocycles. The Bertz CT molecular complexity index is 1110. The normalized spacial score (nSPS) is 12.1. The smallest absolute Gasteiger partial charge is 0.314 e. The number of rotatable bonds is 11. The number of nitro groups is 1. The molecule has 8 heteroatoms. The second-order valence-corrected chi connectivity index (χ2v) is 7.50. The van der Waals surface area contributed by atoms with E-state index < -0.39 is 29.2 Å². The average molecular weight is 448 g/mol. The zero-order chi connectivity index (χ0) is 23.6. The number of nitro benzene ring substituents is 1. The second kappa shape index (κ2) is 11.5. The van der Waals surface area contributed by atoms with Crippen LogP contribution in [0.4, 0.5) is 5.69 Å². The third-order valence-electron chi connectivity index (χ3n) is 4.77. The van der Waals surface area contributed by atoms with E-state index in [1.807, 2.05) is 42.3 Å². The molecule has 0 saturated heterocycles. The molecule has 33 heavy (non-hydrogen) atoms. The van der Waals surface area contributed by atoms with Crippen molar-refractivity contribution in [3.63, 3.8) is 0 Å². The molecule has 0 aliphatic rings. The van der Waals surface area contributed by atoms with Crippen molar-refractivity contribution in [1.82, 2.24) is 4.90 Å². The van der Waals surface area contributed by atoms with Gasteiger partial charge in [-0.05, 0) is 36.4 Å². The number of furan rings is 1. The molecule has 0 amide bonds. The van der Waals surface area contributed by atoms with Crippen LogP contribution in [0.3, 0.4) is 0 Å². The molecule has 8 nitrogen and oxygen atoms in total. The first-order valence-corrected chi connectivity index (χ1v) is 10.3. The van der Waals surface area contributed by atoms with Gasteiger partial charge < -0.3 is 9.15 Å². The fraction of sp³-hybridized carbons (Fsp3) is 0.200. The number of ketones is 1. The van der Waals surface area contributed by atoms with Crippen LogP contribution in [0, 0.1) is 10.1 Å². The Morgan fingerprint density at radius 1 is 1.12 bits per heavy atom. The Labute approximate surface area is 191 Å². The Balaban J connectivity index is 1.58. The van der Waals surface area contributed by atoms with Crippen molar-refractivity contribution < 1.29 is 23.7 Å². The summed E-state index contributed by atoms with van der Waals surface area (Å²) in [5, 5.41) is 10.9. The molecule has 0 radical (unpaired) electrons. The van der Waals surface area contributed by atoms with E-state index in [4.69, 9.17) is 9.15 Å². The van der Waals surface area contributed by atoms with E-state index in [-0.39, 0.29) is 5.69 Å². The number of esters is 1. The van der Waals surface area contributed by atoms with Gasteiger partial charge in [-0.2, -0.15) is 0 Å². The molecule has 0 saturated carbocycles. The third kappa shape index (κ3) is 7.55. The van der Waals surface area contributed by atoms with Gasteiger partial charge in [0, 0.05) is 25.2 Å². The van der Waals surface area contributed by atoms with Gasteiger partial charge in [-0.15, -0.1) is 0 Å². The first-order valence-electron chi connectivity index (χ1n) is 10.3. The highest BCUT2D eigenvalue weighted by atomic mass is 16.6. The lowest BCUT2D eigenvalue weighted by Crippen LogP contribution is -2.27. The molecular weight excluding hydrogens is 424 g/mol. The van der Waals surface area contributed by atoms with Gasteiger partial charge in [0.15, 0.2) is 11.9 Å². The van der Waals surface area contributed by atoms with E-state index in [1.165, 1.54) is 36.6 Å². The number of carbonyl (C=O) groups excluding carboxylic acids is 2. The van der Waals surface area contributed by atoms with Gasteiger partial charge in [0.1, 0.15) is 12.2 Å². The highest BCUT2D eigenvalue weighted by molar-refractivity contribution is 6.04. The number of benzene rings is 2. The van der Waals surface area contributed by atoms with E-state index in [0.717, 1.165) is 5.56 Å². The van der Waals surface area contributed by atoms with Crippen molar-refractivity contribution in [2.45, 2.75) is 19.1 Å². The molecule has 1 atom stereocenters. The summed E-state index contributed by atoms with van der Waals surface area (Å²) in [4.78, 5) is 37.0. The van der Waals surface area contributed by atoms with Gasteiger partial charge in [0.05, 0.1) is 11.2 Å². The molecule has 1 unspecified atom stereocenters. The summed E-state index contributed by atoms with van der Waals surface area (Å²) in [6.45, 7) is 1.03. The van der Waals surface area contributed by atoms with Crippen molar-refractivity contribution in [2.24, 2.45) is 0 Å². The summed E-state index contributed by atoms with van der Waals surface area (Å²) in [5.41, 5.74) is 1.53. The molecule has 1 heterocycles. The average Bonchev–Trinajstić information content (AvgIpc) is 3.33. The molecule has 0 fully saturated rings. The molecule has 0 N–H and O–H groups in total. The van der Waals surface area contributed by atoms with E-state index in [1.54, 1.807) is 18.2 Å². The van der Waals surface area contributed by atoms with Crippen LogP contribution in [0.1, 0.15) is 29.4 Å². The minimum atomic E-state index is -0.682. The topological polar surface area (TPSA) is 103 Å². The Hall–Kier alpha value is -4.04. The van der Waals surface area contributed by atoms with Crippen LogP contribution in [0.2, 0.25) is 0 Å². The first-order chi connectivity index (χ1) is 15.9. The van der Waals surface area contributed by atoms with Crippen molar-refractivity contribution in [3.8, 4) is 0 Å². The largest absolute Gasteiger partial charge is 0.465 e. The standard InChI is InChI=1S/C25H24N2O6/c1-26(17-20-7-3-2-4-8-20)18-24(23-11-6-14-32-23)33-25(29)16-22(28)13-12-19-9-5-10-21(15-19)27(30)31/h2-15,24H,16-18H2,1H3. The zero-order valence-corrected chi connectivity index (χ0v) is 18.1. The number of hydrogen-bond donors (Lipinski definition) is 0. The lowest BCUT2D eigenvalue weighted by atomic mass is 10.1. The SMILES string of the molecule is CN(Cc1ccccc1)CC(OC(=O)CC(=O)C=Cc1cccc([N+](=O)[O-])c1)c1ccco1. The first kappa shape index (κ1) is 23.6. The maximum absolute atomic E-state index is 12.4. The summed E-state index contributed by atoms with van der Waals surface area (Å²) in [6.07, 6.45) is 3.02. The highest BCUT2D eigenvalue weighted by Gasteiger charge is 2.22. The van der Waals surface area contributed by atoms with Gasteiger partial charge >= 0.3 is 5.97 Å². The monoisotopic (exact) mass is 448 g/mol. The molecule has 0 spiro atoms. The number of non-ortho nitro benzene ring substituents is 1. The fourth-order valence-corrected chi connectivity index (χ4v) is 3.24. The number of hydrogen-bond acceptors (Lipinski definition) is 7. The molecule has 1 aromatic heterocycles. The minimum Gasteiger partial charge on any atom is -0.465 e. The van der Waals surface area contributed by atoms with E-state index in [9.17, 15) is 19.7 Å². The van der Waals surface area contributed by atoms with E-state index >= 15 is 0 Å². The number of carbonyl (C=O) groups is 2. The highest BCUT2D eigenvalue weighted by Crippen LogP contribution is 2.21.